The van der Waals surface area contributed by atoms with Crippen molar-refractivity contribution in [3.63, 3.8) is 0 Å². The Morgan fingerprint density at radius 3 is 2.95 bits per heavy atom. The quantitative estimate of drug-likeness (QED) is 0.752. The second kappa shape index (κ2) is 8.73. The minimum atomic E-state index is -0.119. The lowest BCUT2D eigenvalue weighted by atomic mass is 10.1. The Kier molecular flexibility index (Phi) is 6.96. The van der Waals surface area contributed by atoms with Gasteiger partial charge < -0.3 is 15.4 Å². The van der Waals surface area contributed by atoms with Gasteiger partial charge in [-0.2, -0.15) is 0 Å². The molecule has 116 valence electrons. The Balaban J connectivity index is 1.66. The summed E-state index contributed by atoms with van der Waals surface area (Å²) >= 11 is 9.26. The van der Waals surface area contributed by atoms with Crippen LogP contribution in [0.15, 0.2) is 22.7 Å². The molecule has 1 amide bonds. The lowest BCUT2D eigenvalue weighted by Crippen LogP contribution is -2.33. The van der Waals surface area contributed by atoms with E-state index in [1.54, 1.807) is 18.2 Å². The van der Waals surface area contributed by atoms with Crippen LogP contribution in [0.4, 0.5) is 0 Å². The van der Waals surface area contributed by atoms with Gasteiger partial charge in [-0.25, -0.2) is 0 Å². The molecule has 0 unspecified atom stereocenters. The van der Waals surface area contributed by atoms with Gasteiger partial charge in [0, 0.05) is 22.6 Å². The Morgan fingerprint density at radius 2 is 2.19 bits per heavy atom. The fourth-order valence-corrected chi connectivity index (χ4v) is 2.85. The molecule has 1 saturated heterocycles. The predicted molar refractivity (Wildman–Crippen MR) is 87.9 cm³/mol. The van der Waals surface area contributed by atoms with E-state index in [1.807, 2.05) is 0 Å². The van der Waals surface area contributed by atoms with E-state index in [0.29, 0.717) is 29.8 Å². The molecule has 0 saturated carbocycles. The zero-order chi connectivity index (χ0) is 15.1. The van der Waals surface area contributed by atoms with Gasteiger partial charge in [-0.1, -0.05) is 11.6 Å². The molecule has 1 aromatic rings. The summed E-state index contributed by atoms with van der Waals surface area (Å²) in [5.74, 6) is -0.119. The van der Waals surface area contributed by atoms with Gasteiger partial charge in [0.2, 0.25) is 0 Å². The van der Waals surface area contributed by atoms with E-state index in [-0.39, 0.29) is 5.91 Å². The molecule has 1 aliphatic rings. The molecule has 2 rings (SSSR count). The van der Waals surface area contributed by atoms with E-state index in [1.165, 1.54) is 0 Å². The number of benzene rings is 1. The van der Waals surface area contributed by atoms with Crippen LogP contribution in [0, 0.1) is 0 Å². The summed E-state index contributed by atoms with van der Waals surface area (Å²) in [5.41, 5.74) is 0.557. The molecular formula is C15H20BrClN2O2. The fourth-order valence-electron chi connectivity index (χ4n) is 2.25. The topological polar surface area (TPSA) is 50.4 Å². The normalized spacial score (nSPS) is 15.9. The highest BCUT2D eigenvalue weighted by atomic mass is 79.9. The maximum atomic E-state index is 12.0. The van der Waals surface area contributed by atoms with Crippen molar-refractivity contribution in [1.82, 2.24) is 10.6 Å². The van der Waals surface area contributed by atoms with Crippen molar-refractivity contribution in [3.8, 4) is 0 Å². The van der Waals surface area contributed by atoms with Crippen molar-refractivity contribution in [2.45, 2.75) is 25.4 Å². The van der Waals surface area contributed by atoms with E-state index in [9.17, 15) is 4.79 Å². The predicted octanol–water partition coefficient (Wildman–Crippen LogP) is 2.99. The molecule has 6 heteroatoms. The minimum absolute atomic E-state index is 0.119. The Morgan fingerprint density at radius 1 is 1.43 bits per heavy atom. The number of piperidine rings is 1. The molecular weight excluding hydrogens is 356 g/mol. The lowest BCUT2D eigenvalue weighted by molar-refractivity contribution is 0.0318. The summed E-state index contributed by atoms with van der Waals surface area (Å²) < 4.78 is 6.54. The number of carbonyl (C=O) groups excluding carboxylic acids is 1. The number of halogens is 2. The number of rotatable bonds is 6. The van der Waals surface area contributed by atoms with Crippen LogP contribution in [-0.2, 0) is 4.74 Å². The van der Waals surface area contributed by atoms with Gasteiger partial charge in [-0.05, 0) is 66.5 Å². The zero-order valence-corrected chi connectivity index (χ0v) is 14.2. The maximum Gasteiger partial charge on any atom is 0.252 e. The monoisotopic (exact) mass is 374 g/mol. The molecule has 1 aromatic carbocycles. The molecule has 0 bridgehead atoms. The van der Waals surface area contributed by atoms with Crippen LogP contribution >= 0.6 is 27.5 Å². The molecule has 0 spiro atoms. The first-order chi connectivity index (χ1) is 10.2. The molecule has 4 nitrogen and oxygen atoms in total. The summed E-state index contributed by atoms with van der Waals surface area (Å²) in [5, 5.41) is 6.75. The molecule has 1 heterocycles. The van der Waals surface area contributed by atoms with Crippen molar-refractivity contribution >= 4 is 33.4 Å². The van der Waals surface area contributed by atoms with Crippen LogP contribution in [0.1, 0.15) is 29.6 Å². The SMILES string of the molecule is O=C(NCCCOC1CCNCC1)c1cc(Cl)ccc1Br. The minimum Gasteiger partial charge on any atom is -0.378 e. The van der Waals surface area contributed by atoms with Gasteiger partial charge in [0.25, 0.3) is 5.91 Å². The van der Waals surface area contributed by atoms with Gasteiger partial charge in [-0.15, -0.1) is 0 Å². The first-order valence-corrected chi connectivity index (χ1v) is 8.39. The molecule has 21 heavy (non-hydrogen) atoms. The third kappa shape index (κ3) is 5.58. The largest absolute Gasteiger partial charge is 0.378 e. The van der Waals surface area contributed by atoms with Gasteiger partial charge >= 0.3 is 0 Å². The number of amides is 1. The van der Waals surface area contributed by atoms with Gasteiger partial charge in [-0.3, -0.25) is 4.79 Å². The molecule has 0 aromatic heterocycles. The first kappa shape index (κ1) is 16.7. The zero-order valence-electron chi connectivity index (χ0n) is 11.8. The number of ether oxygens (including phenoxy) is 1. The Hall–Kier alpha value is -0.620. The molecule has 0 atom stereocenters. The average molecular weight is 376 g/mol. The van der Waals surface area contributed by atoms with Crippen molar-refractivity contribution in [2.75, 3.05) is 26.2 Å². The van der Waals surface area contributed by atoms with Gasteiger partial charge in [0.1, 0.15) is 0 Å². The standard InChI is InChI=1S/C15H20BrClN2O2/c16-14-3-2-11(17)10-13(14)15(20)19-6-1-9-21-12-4-7-18-8-5-12/h2-3,10,12,18H,1,4-9H2,(H,19,20). The van der Waals surface area contributed by atoms with Crippen LogP contribution in [0.3, 0.4) is 0 Å². The number of hydrogen-bond donors (Lipinski definition) is 2. The number of carbonyl (C=O) groups is 1. The highest BCUT2D eigenvalue weighted by Gasteiger charge is 2.13. The summed E-state index contributed by atoms with van der Waals surface area (Å²) in [6.07, 6.45) is 3.32. The Labute approximate surface area is 138 Å². The summed E-state index contributed by atoms with van der Waals surface area (Å²) in [7, 11) is 0. The average Bonchev–Trinajstić information content (AvgIpc) is 2.50. The lowest BCUT2D eigenvalue weighted by Gasteiger charge is -2.22. The fraction of sp³-hybridized carbons (Fsp3) is 0.533. The second-order valence-electron chi connectivity index (χ2n) is 5.05. The third-order valence-corrected chi connectivity index (χ3v) is 4.35. The van der Waals surface area contributed by atoms with Crippen molar-refractivity contribution in [1.29, 1.82) is 0 Å². The molecule has 2 N–H and O–H groups in total. The van der Waals surface area contributed by atoms with E-state index in [4.69, 9.17) is 16.3 Å². The van der Waals surface area contributed by atoms with Crippen LogP contribution in [0.25, 0.3) is 0 Å². The van der Waals surface area contributed by atoms with Crippen molar-refractivity contribution < 1.29 is 9.53 Å². The van der Waals surface area contributed by atoms with Crippen molar-refractivity contribution in [2.24, 2.45) is 0 Å². The van der Waals surface area contributed by atoms with E-state index in [0.717, 1.165) is 36.8 Å². The third-order valence-electron chi connectivity index (χ3n) is 3.42. The first-order valence-electron chi connectivity index (χ1n) is 7.22. The highest BCUT2D eigenvalue weighted by Crippen LogP contribution is 2.20. The summed E-state index contributed by atoms with van der Waals surface area (Å²) in [6, 6.07) is 5.18. The van der Waals surface area contributed by atoms with Crippen LogP contribution in [0.5, 0.6) is 0 Å². The van der Waals surface area contributed by atoms with Crippen molar-refractivity contribution in [3.05, 3.63) is 33.3 Å². The van der Waals surface area contributed by atoms with E-state index in [2.05, 4.69) is 26.6 Å². The molecule has 1 fully saturated rings. The van der Waals surface area contributed by atoms with Gasteiger partial charge in [0.05, 0.1) is 11.7 Å². The second-order valence-corrected chi connectivity index (χ2v) is 6.34. The van der Waals surface area contributed by atoms with E-state index < -0.39 is 0 Å². The smallest absolute Gasteiger partial charge is 0.252 e. The summed E-state index contributed by atoms with van der Waals surface area (Å²) in [4.78, 5) is 12.0. The number of hydrogen-bond acceptors (Lipinski definition) is 3. The Bertz CT molecular complexity index is 479. The summed E-state index contributed by atoms with van der Waals surface area (Å²) in [6.45, 7) is 3.35. The van der Waals surface area contributed by atoms with Gasteiger partial charge in [0.15, 0.2) is 0 Å². The number of nitrogens with one attached hydrogen (secondary N) is 2. The molecule has 0 radical (unpaired) electrons. The highest BCUT2D eigenvalue weighted by molar-refractivity contribution is 9.10. The molecule has 1 aliphatic heterocycles. The maximum absolute atomic E-state index is 12.0. The van der Waals surface area contributed by atoms with Crippen LogP contribution in [-0.4, -0.2) is 38.3 Å². The van der Waals surface area contributed by atoms with Crippen LogP contribution in [0.2, 0.25) is 5.02 Å². The van der Waals surface area contributed by atoms with E-state index >= 15 is 0 Å². The molecule has 0 aliphatic carbocycles. The van der Waals surface area contributed by atoms with Crippen LogP contribution < -0.4 is 10.6 Å².